The van der Waals surface area contributed by atoms with Crippen LogP contribution < -0.4 is 16.1 Å². The number of aromatic nitrogens is 1. The van der Waals surface area contributed by atoms with E-state index in [0.29, 0.717) is 35.5 Å². The van der Waals surface area contributed by atoms with E-state index in [4.69, 9.17) is 5.73 Å². The van der Waals surface area contributed by atoms with Gasteiger partial charge in [0.05, 0.1) is 23.8 Å². The lowest BCUT2D eigenvalue weighted by Crippen LogP contribution is -2.42. The van der Waals surface area contributed by atoms with Crippen molar-refractivity contribution in [2.45, 2.75) is 38.5 Å². The molecule has 1 fully saturated rings. The Morgan fingerprint density at radius 3 is 2.45 bits per heavy atom. The average Bonchev–Trinajstić information content (AvgIpc) is 3.82. The van der Waals surface area contributed by atoms with Crippen LogP contribution in [0, 0.1) is 5.92 Å². The van der Waals surface area contributed by atoms with Crippen LogP contribution in [0.25, 0.3) is 11.1 Å². The second-order valence-electron chi connectivity index (χ2n) is 9.95. The molecule has 1 atom stereocenters. The van der Waals surface area contributed by atoms with Crippen LogP contribution in [0.15, 0.2) is 65.9 Å². The summed E-state index contributed by atoms with van der Waals surface area (Å²) in [6.07, 6.45) is 0.478. The first kappa shape index (κ1) is 27.3. The van der Waals surface area contributed by atoms with E-state index < -0.39 is 17.8 Å². The molecule has 8 nitrogen and oxygen atoms in total. The highest BCUT2D eigenvalue weighted by atomic mass is 19.4. The Kier molecular flexibility index (Phi) is 7.57. The summed E-state index contributed by atoms with van der Waals surface area (Å²) < 4.78 is 39.8. The van der Waals surface area contributed by atoms with E-state index in [0.717, 1.165) is 30.5 Å². The van der Waals surface area contributed by atoms with E-state index >= 15 is 0 Å². The topological polar surface area (TPSA) is 104 Å². The molecular weight excluding hydrogens is 521 g/mol. The normalized spacial score (nSPS) is 16.1. The molecule has 2 aliphatic rings. The predicted octanol–water partition coefficient (Wildman–Crippen LogP) is 4.72. The first-order valence-corrected chi connectivity index (χ1v) is 13.0. The summed E-state index contributed by atoms with van der Waals surface area (Å²) >= 11 is 0. The third-order valence-corrected chi connectivity index (χ3v) is 7.09. The zero-order valence-corrected chi connectivity index (χ0v) is 21.9. The minimum absolute atomic E-state index is 0.104. The fourth-order valence-corrected chi connectivity index (χ4v) is 4.58. The Morgan fingerprint density at radius 2 is 1.82 bits per heavy atom. The van der Waals surface area contributed by atoms with E-state index in [1.54, 1.807) is 46.3 Å². The van der Waals surface area contributed by atoms with E-state index in [2.05, 4.69) is 15.4 Å². The molecule has 2 amide bonds. The molecule has 3 N–H and O–H groups in total. The van der Waals surface area contributed by atoms with Gasteiger partial charge in [-0.05, 0) is 66.3 Å². The molecule has 0 spiro atoms. The van der Waals surface area contributed by atoms with Crippen LogP contribution in [-0.4, -0.2) is 41.1 Å². The van der Waals surface area contributed by atoms with Crippen molar-refractivity contribution in [1.82, 2.24) is 15.2 Å². The van der Waals surface area contributed by atoms with Crippen LogP contribution in [0.5, 0.6) is 0 Å². The van der Waals surface area contributed by atoms with Crippen LogP contribution in [0.3, 0.4) is 0 Å². The van der Waals surface area contributed by atoms with Crippen molar-refractivity contribution in [1.29, 1.82) is 0 Å². The molecule has 1 aromatic heterocycles. The van der Waals surface area contributed by atoms with Crippen molar-refractivity contribution < 1.29 is 22.8 Å². The Labute approximate surface area is 229 Å². The van der Waals surface area contributed by atoms with Crippen LogP contribution in [0.2, 0.25) is 0 Å². The first-order valence-electron chi connectivity index (χ1n) is 13.0. The second-order valence-corrected chi connectivity index (χ2v) is 9.95. The van der Waals surface area contributed by atoms with Gasteiger partial charge in [-0.15, -0.1) is 0 Å². The van der Waals surface area contributed by atoms with E-state index in [1.165, 1.54) is 18.6 Å². The minimum Gasteiger partial charge on any atom is -0.344 e. The molecule has 40 heavy (non-hydrogen) atoms. The maximum Gasteiger partial charge on any atom is 0.416 e. The monoisotopic (exact) mass is 550 g/mol. The number of benzene rings is 2. The highest BCUT2D eigenvalue weighted by Crippen LogP contribution is 2.34. The number of carbonyl (C=O) groups excluding carboxylic acids is 2. The number of halogens is 3. The number of hydrogen-bond acceptors (Lipinski definition) is 6. The molecule has 1 aliphatic carbocycles. The predicted molar refractivity (Wildman–Crippen MR) is 145 cm³/mol. The summed E-state index contributed by atoms with van der Waals surface area (Å²) in [5.41, 5.74) is 8.32. The molecule has 3 aromatic rings. The molecule has 11 heteroatoms. The number of nitrogens with zero attached hydrogens (tertiary/aromatic N) is 4. The number of rotatable bonds is 7. The van der Waals surface area contributed by atoms with Crippen LogP contribution in [-0.2, 0) is 17.5 Å². The smallest absolute Gasteiger partial charge is 0.344 e. The third-order valence-electron chi connectivity index (χ3n) is 7.09. The van der Waals surface area contributed by atoms with Gasteiger partial charge in [0.1, 0.15) is 12.0 Å². The lowest BCUT2D eigenvalue weighted by atomic mass is 9.95. The SMILES string of the molecule is C[C@@H](NC(=O)c1cc(N2CCN(C(=O)C3CC3)C=N2)ccn1)c1ccc(-c2cc(C(F)(F)F)ccc2CN)cc1. The molecule has 5 rings (SSSR count). The summed E-state index contributed by atoms with van der Waals surface area (Å²) in [6, 6.07) is 13.5. The number of anilines is 1. The zero-order valence-electron chi connectivity index (χ0n) is 21.9. The van der Waals surface area contributed by atoms with Gasteiger partial charge in [0.15, 0.2) is 0 Å². The van der Waals surface area contributed by atoms with Gasteiger partial charge in [0, 0.05) is 25.2 Å². The van der Waals surface area contributed by atoms with Crippen molar-refractivity contribution in [2.75, 3.05) is 18.1 Å². The molecule has 208 valence electrons. The summed E-state index contributed by atoms with van der Waals surface area (Å²) in [5.74, 6) is -0.153. The van der Waals surface area contributed by atoms with Crippen molar-refractivity contribution in [3.8, 4) is 11.1 Å². The first-order chi connectivity index (χ1) is 19.1. The standard InChI is InChI=1S/C29H29F3N6O2/c1-18(19-2-4-20(5-3-19)25-14-23(29(30,31)32)9-8-22(25)16-33)36-27(39)26-15-24(10-11-34-26)38-13-12-37(17-35-38)28(40)21-6-7-21/h2-5,8-11,14-15,17-18,21H,6-7,12-13,16,33H2,1H3,(H,36,39)/t18-/m1/s1. The number of carbonyl (C=O) groups is 2. The number of alkyl halides is 3. The molecule has 0 unspecified atom stereocenters. The molecule has 0 radical (unpaired) electrons. The van der Waals surface area contributed by atoms with Gasteiger partial charge in [0.2, 0.25) is 5.91 Å². The van der Waals surface area contributed by atoms with Gasteiger partial charge in [-0.3, -0.25) is 24.5 Å². The average molecular weight is 551 g/mol. The summed E-state index contributed by atoms with van der Waals surface area (Å²) in [5, 5.41) is 9.01. The molecule has 2 aromatic carbocycles. The number of nitrogens with two attached hydrogens (primary N) is 1. The van der Waals surface area contributed by atoms with E-state index in [-0.39, 0.29) is 30.0 Å². The molecule has 2 heterocycles. The Morgan fingerprint density at radius 1 is 1.07 bits per heavy atom. The number of hydrazone groups is 1. The summed E-state index contributed by atoms with van der Waals surface area (Å²) in [7, 11) is 0. The van der Waals surface area contributed by atoms with Crippen molar-refractivity contribution in [3.05, 3.63) is 83.2 Å². The van der Waals surface area contributed by atoms with Crippen molar-refractivity contribution >= 4 is 23.8 Å². The fourth-order valence-electron chi connectivity index (χ4n) is 4.58. The summed E-state index contributed by atoms with van der Waals surface area (Å²) in [4.78, 5) is 31.1. The number of amides is 2. The molecule has 0 bridgehead atoms. The van der Waals surface area contributed by atoms with Crippen LogP contribution >= 0.6 is 0 Å². The zero-order chi connectivity index (χ0) is 28.4. The lowest BCUT2D eigenvalue weighted by Gasteiger charge is -2.28. The largest absolute Gasteiger partial charge is 0.416 e. The second kappa shape index (κ2) is 11.1. The van der Waals surface area contributed by atoms with Crippen molar-refractivity contribution in [3.63, 3.8) is 0 Å². The quantitative estimate of drug-likeness (QED) is 0.443. The maximum absolute atomic E-state index is 13.3. The number of pyridine rings is 1. The Bertz CT molecular complexity index is 1440. The maximum atomic E-state index is 13.3. The third kappa shape index (κ3) is 5.99. The van der Waals surface area contributed by atoms with Gasteiger partial charge in [0.25, 0.3) is 5.91 Å². The van der Waals surface area contributed by atoms with Gasteiger partial charge >= 0.3 is 6.18 Å². The Hall–Kier alpha value is -4.25. The number of hydrogen-bond donors (Lipinski definition) is 2. The van der Waals surface area contributed by atoms with Crippen molar-refractivity contribution in [2.24, 2.45) is 16.8 Å². The van der Waals surface area contributed by atoms with Crippen LogP contribution in [0.1, 0.15) is 53.0 Å². The highest BCUT2D eigenvalue weighted by molar-refractivity contribution is 5.94. The molecular formula is C29H29F3N6O2. The van der Waals surface area contributed by atoms with Gasteiger partial charge in [-0.2, -0.15) is 18.3 Å². The lowest BCUT2D eigenvalue weighted by molar-refractivity contribution is -0.137. The number of nitrogens with one attached hydrogen (secondary N) is 1. The van der Waals surface area contributed by atoms with Gasteiger partial charge in [-0.25, -0.2) is 0 Å². The minimum atomic E-state index is -4.46. The molecule has 1 saturated carbocycles. The Balaban J connectivity index is 1.25. The van der Waals surface area contributed by atoms with E-state index in [1.807, 2.05) is 6.92 Å². The molecule has 0 saturated heterocycles. The van der Waals surface area contributed by atoms with Crippen LogP contribution in [0.4, 0.5) is 18.9 Å². The van der Waals surface area contributed by atoms with Gasteiger partial charge in [-0.1, -0.05) is 30.3 Å². The van der Waals surface area contributed by atoms with E-state index in [9.17, 15) is 22.8 Å². The summed E-state index contributed by atoms with van der Waals surface area (Å²) in [6.45, 7) is 2.93. The highest BCUT2D eigenvalue weighted by Gasteiger charge is 2.34. The van der Waals surface area contributed by atoms with Gasteiger partial charge < -0.3 is 11.1 Å². The molecule has 1 aliphatic heterocycles. The fraction of sp³-hybridized carbons (Fsp3) is 0.310.